The highest BCUT2D eigenvalue weighted by Crippen LogP contribution is 2.24. The van der Waals surface area contributed by atoms with Gasteiger partial charge in [0.25, 0.3) is 0 Å². The van der Waals surface area contributed by atoms with Crippen LogP contribution >= 0.6 is 0 Å². The predicted molar refractivity (Wildman–Crippen MR) is 112 cm³/mol. The molecule has 2 aromatic carbocycles. The van der Waals surface area contributed by atoms with Gasteiger partial charge in [-0.15, -0.1) is 0 Å². The summed E-state index contributed by atoms with van der Waals surface area (Å²) in [4.78, 5) is 12.8. The van der Waals surface area contributed by atoms with Crippen LogP contribution in [0, 0.1) is 6.92 Å². The molecular formula is C21H28N2O4S. The first-order valence-electron chi connectivity index (χ1n) is 9.22. The molecule has 2 aromatic rings. The largest absolute Gasteiger partial charge is 0.494 e. The van der Waals surface area contributed by atoms with Crippen LogP contribution in [0.5, 0.6) is 5.75 Å². The van der Waals surface area contributed by atoms with E-state index in [1.165, 1.54) is 0 Å². The molecule has 0 aliphatic rings. The van der Waals surface area contributed by atoms with Gasteiger partial charge in [0, 0.05) is 0 Å². The molecule has 2 rings (SSSR count). The molecule has 0 aliphatic carbocycles. The minimum atomic E-state index is -3.66. The van der Waals surface area contributed by atoms with E-state index < -0.39 is 16.1 Å². The van der Waals surface area contributed by atoms with Crippen molar-refractivity contribution in [2.45, 2.75) is 39.8 Å². The van der Waals surface area contributed by atoms with Crippen molar-refractivity contribution in [3.63, 3.8) is 0 Å². The van der Waals surface area contributed by atoms with Gasteiger partial charge in [-0.25, -0.2) is 8.42 Å². The van der Waals surface area contributed by atoms with E-state index in [4.69, 9.17) is 4.74 Å². The Morgan fingerprint density at radius 3 is 2.14 bits per heavy atom. The summed E-state index contributed by atoms with van der Waals surface area (Å²) in [6, 6.07) is 13.4. The number of rotatable bonds is 8. The second kappa shape index (κ2) is 9.10. The number of hydrogen-bond donors (Lipinski definition) is 1. The summed E-state index contributed by atoms with van der Waals surface area (Å²) < 4.78 is 31.3. The van der Waals surface area contributed by atoms with Crippen LogP contribution in [0.1, 0.15) is 37.9 Å². The van der Waals surface area contributed by atoms with Gasteiger partial charge in [-0.05, 0) is 57.5 Å². The van der Waals surface area contributed by atoms with E-state index >= 15 is 0 Å². The van der Waals surface area contributed by atoms with Gasteiger partial charge in [-0.3, -0.25) is 9.10 Å². The highest BCUT2D eigenvalue weighted by Gasteiger charge is 2.29. The fourth-order valence-electron chi connectivity index (χ4n) is 2.94. The summed E-state index contributed by atoms with van der Waals surface area (Å²) in [6.07, 6.45) is 1.09. The minimum absolute atomic E-state index is 0.239. The van der Waals surface area contributed by atoms with E-state index in [1.807, 2.05) is 45.0 Å². The monoisotopic (exact) mass is 404 g/mol. The van der Waals surface area contributed by atoms with Gasteiger partial charge in [0.05, 0.1) is 24.6 Å². The third-order valence-electron chi connectivity index (χ3n) is 4.43. The van der Waals surface area contributed by atoms with Crippen molar-refractivity contribution >= 4 is 21.6 Å². The Morgan fingerprint density at radius 2 is 1.64 bits per heavy atom. The Labute approximate surface area is 167 Å². The van der Waals surface area contributed by atoms with Crippen molar-refractivity contribution in [2.24, 2.45) is 0 Å². The number of ether oxygens (including phenoxy) is 1. The number of hydrogen-bond acceptors (Lipinski definition) is 4. The van der Waals surface area contributed by atoms with Crippen molar-refractivity contribution in [3.8, 4) is 5.75 Å². The molecule has 0 aliphatic heterocycles. The van der Waals surface area contributed by atoms with E-state index in [0.29, 0.717) is 18.0 Å². The number of anilines is 1. The van der Waals surface area contributed by atoms with Crippen molar-refractivity contribution in [2.75, 3.05) is 17.2 Å². The summed E-state index contributed by atoms with van der Waals surface area (Å²) in [6.45, 7) is 7.84. The van der Waals surface area contributed by atoms with Gasteiger partial charge < -0.3 is 10.1 Å². The maximum absolute atomic E-state index is 12.8. The molecule has 0 saturated heterocycles. The highest BCUT2D eigenvalue weighted by molar-refractivity contribution is 7.92. The summed E-state index contributed by atoms with van der Waals surface area (Å²) in [5.41, 5.74) is 2.50. The van der Waals surface area contributed by atoms with E-state index in [-0.39, 0.29) is 11.9 Å². The molecule has 0 spiro atoms. The Bertz CT molecular complexity index is 893. The number of sulfonamides is 1. The van der Waals surface area contributed by atoms with Crippen LogP contribution in [0.15, 0.2) is 48.5 Å². The van der Waals surface area contributed by atoms with Gasteiger partial charge in [0.2, 0.25) is 15.9 Å². The van der Waals surface area contributed by atoms with Crippen LogP contribution in [0.25, 0.3) is 0 Å². The normalized spacial score (nSPS) is 13.5. The van der Waals surface area contributed by atoms with Crippen molar-refractivity contribution < 1.29 is 17.9 Å². The lowest BCUT2D eigenvalue weighted by Gasteiger charge is -2.29. The second-order valence-corrected chi connectivity index (χ2v) is 8.66. The first kappa shape index (κ1) is 21.8. The minimum Gasteiger partial charge on any atom is -0.494 e. The summed E-state index contributed by atoms with van der Waals surface area (Å²) in [5.74, 6) is 0.275. The van der Waals surface area contributed by atoms with Crippen LogP contribution in [0.2, 0.25) is 0 Å². The Hall–Kier alpha value is -2.54. The van der Waals surface area contributed by atoms with Gasteiger partial charge in [-0.2, -0.15) is 0 Å². The van der Waals surface area contributed by atoms with E-state index in [2.05, 4.69) is 5.32 Å². The predicted octanol–water partition coefficient (Wildman–Crippen LogP) is 3.43. The van der Waals surface area contributed by atoms with Crippen LogP contribution < -0.4 is 14.4 Å². The number of benzene rings is 2. The second-order valence-electron chi connectivity index (χ2n) is 6.80. The summed E-state index contributed by atoms with van der Waals surface area (Å²) in [5, 5.41) is 2.90. The van der Waals surface area contributed by atoms with Gasteiger partial charge in [0.15, 0.2) is 0 Å². The lowest BCUT2D eigenvalue weighted by Crippen LogP contribution is -2.48. The molecule has 0 heterocycles. The third-order valence-corrected chi connectivity index (χ3v) is 5.67. The van der Waals surface area contributed by atoms with Crippen LogP contribution in [-0.4, -0.2) is 33.2 Å². The molecule has 0 aromatic heterocycles. The number of carbonyl (C=O) groups excluding carboxylic acids is 1. The number of carbonyl (C=O) groups is 1. The smallest absolute Gasteiger partial charge is 0.244 e. The topological polar surface area (TPSA) is 75.7 Å². The van der Waals surface area contributed by atoms with Crippen LogP contribution in [0.3, 0.4) is 0 Å². The SMILES string of the molecule is CCOc1ccc(N([C@@H](C)C(=O)N[C@@H](C)c2ccc(C)cc2)S(C)(=O)=O)cc1. The maximum atomic E-state index is 12.8. The Morgan fingerprint density at radius 1 is 1.07 bits per heavy atom. The van der Waals surface area contributed by atoms with Gasteiger partial charge >= 0.3 is 0 Å². The zero-order valence-corrected chi connectivity index (χ0v) is 17.8. The average Bonchev–Trinajstić information content (AvgIpc) is 2.62. The average molecular weight is 405 g/mol. The molecule has 0 saturated carbocycles. The molecule has 0 bridgehead atoms. The summed E-state index contributed by atoms with van der Waals surface area (Å²) >= 11 is 0. The zero-order valence-electron chi connectivity index (χ0n) is 17.0. The molecular weight excluding hydrogens is 376 g/mol. The molecule has 28 heavy (non-hydrogen) atoms. The van der Waals surface area contributed by atoms with Crippen LogP contribution in [0.4, 0.5) is 5.69 Å². The standard InChI is InChI=1S/C21H28N2O4S/c1-6-27-20-13-11-19(12-14-20)23(28(5,25)26)17(4)21(24)22-16(3)18-9-7-15(2)8-10-18/h7-14,16-17H,6H2,1-5H3,(H,22,24)/t16-,17-/m0/s1. The fraction of sp³-hybridized carbons (Fsp3) is 0.381. The molecule has 7 heteroatoms. The fourth-order valence-corrected chi connectivity index (χ4v) is 4.11. The molecule has 2 atom stereocenters. The Balaban J connectivity index is 2.21. The highest BCUT2D eigenvalue weighted by atomic mass is 32.2. The molecule has 1 amide bonds. The third kappa shape index (κ3) is 5.48. The zero-order chi connectivity index (χ0) is 20.9. The van der Waals surface area contributed by atoms with Crippen LogP contribution in [-0.2, 0) is 14.8 Å². The molecule has 6 nitrogen and oxygen atoms in total. The number of aryl methyl sites for hydroxylation is 1. The first-order valence-corrected chi connectivity index (χ1v) is 11.1. The number of nitrogens with zero attached hydrogens (tertiary/aromatic N) is 1. The maximum Gasteiger partial charge on any atom is 0.244 e. The van der Waals surface area contributed by atoms with Gasteiger partial charge in [-0.1, -0.05) is 29.8 Å². The Kier molecular flexibility index (Phi) is 7.07. The quantitative estimate of drug-likeness (QED) is 0.731. The number of nitrogens with one attached hydrogen (secondary N) is 1. The lowest BCUT2D eigenvalue weighted by molar-refractivity contribution is -0.122. The van der Waals surface area contributed by atoms with Crippen molar-refractivity contribution in [3.05, 3.63) is 59.7 Å². The van der Waals surface area contributed by atoms with E-state index in [1.54, 1.807) is 31.2 Å². The molecule has 1 N–H and O–H groups in total. The van der Waals surface area contributed by atoms with E-state index in [9.17, 15) is 13.2 Å². The van der Waals surface area contributed by atoms with E-state index in [0.717, 1.165) is 21.7 Å². The number of amides is 1. The summed E-state index contributed by atoms with van der Waals surface area (Å²) in [7, 11) is -3.66. The van der Waals surface area contributed by atoms with Crippen molar-refractivity contribution in [1.29, 1.82) is 0 Å². The molecule has 0 radical (unpaired) electrons. The molecule has 0 fully saturated rings. The van der Waals surface area contributed by atoms with Gasteiger partial charge in [0.1, 0.15) is 11.8 Å². The van der Waals surface area contributed by atoms with Crippen molar-refractivity contribution in [1.82, 2.24) is 5.32 Å². The molecule has 152 valence electrons. The molecule has 0 unspecified atom stereocenters. The lowest BCUT2D eigenvalue weighted by atomic mass is 10.1. The first-order chi connectivity index (χ1) is 13.1.